The Labute approximate surface area is 182 Å². The molecule has 0 fully saturated rings. The van der Waals surface area contributed by atoms with E-state index in [0.717, 1.165) is 6.07 Å². The molecule has 0 bridgehead atoms. The fraction of sp³-hybridized carbons (Fsp3) is 0.524. The Kier molecular flexibility index (Phi) is 7.83. The van der Waals surface area contributed by atoms with Gasteiger partial charge in [0.1, 0.15) is 18.4 Å². The average Bonchev–Trinajstić information content (AvgIpc) is 3.04. The standard InChI is InChI=1S/C21H25F4N5O2/c1-20(2,3)17(19(32)27-12-21(23,24)25)28-18(31)16-14-8-7-13(22)11-15(14)30(29-16)10-6-4-5-9-26/h7-8,11,17H,4-6,10,12H2,1-3H3,(H,27,32)(H,28,31). The second-order valence-electron chi connectivity index (χ2n) is 8.45. The van der Waals surface area contributed by atoms with E-state index >= 15 is 0 Å². The number of alkyl halides is 3. The van der Waals surface area contributed by atoms with Crippen LogP contribution >= 0.6 is 0 Å². The lowest BCUT2D eigenvalue weighted by atomic mass is 9.86. The van der Waals surface area contributed by atoms with Gasteiger partial charge in [0, 0.05) is 18.4 Å². The Morgan fingerprint density at radius 3 is 2.50 bits per heavy atom. The van der Waals surface area contributed by atoms with Crippen LogP contribution in [-0.4, -0.2) is 40.4 Å². The third-order valence-corrected chi connectivity index (χ3v) is 4.70. The molecule has 11 heteroatoms. The molecule has 2 rings (SSSR count). The lowest BCUT2D eigenvalue weighted by molar-refractivity contribution is -0.140. The van der Waals surface area contributed by atoms with Gasteiger partial charge in [-0.05, 0) is 36.5 Å². The zero-order valence-electron chi connectivity index (χ0n) is 18.0. The third kappa shape index (κ3) is 6.67. The van der Waals surface area contributed by atoms with Crippen LogP contribution in [0.1, 0.15) is 50.5 Å². The van der Waals surface area contributed by atoms with Gasteiger partial charge in [-0.25, -0.2) is 4.39 Å². The van der Waals surface area contributed by atoms with Gasteiger partial charge < -0.3 is 10.6 Å². The molecule has 0 aliphatic carbocycles. The molecule has 2 N–H and O–H groups in total. The van der Waals surface area contributed by atoms with E-state index in [-0.39, 0.29) is 5.69 Å². The van der Waals surface area contributed by atoms with E-state index in [1.54, 1.807) is 26.1 Å². The summed E-state index contributed by atoms with van der Waals surface area (Å²) < 4.78 is 52.7. The molecular weight excluding hydrogens is 430 g/mol. The molecule has 0 radical (unpaired) electrons. The Hall–Kier alpha value is -3.16. The first-order valence-electron chi connectivity index (χ1n) is 10.0. The molecular formula is C21H25F4N5O2. The number of hydrogen-bond acceptors (Lipinski definition) is 4. The quantitative estimate of drug-likeness (QED) is 0.468. The van der Waals surface area contributed by atoms with Gasteiger partial charge in [-0.15, -0.1) is 0 Å². The molecule has 1 aromatic carbocycles. The highest BCUT2D eigenvalue weighted by Crippen LogP contribution is 2.24. The van der Waals surface area contributed by atoms with Crippen molar-refractivity contribution in [3.05, 3.63) is 29.7 Å². The number of aryl methyl sites for hydroxylation is 1. The fourth-order valence-electron chi connectivity index (χ4n) is 3.12. The number of carbonyl (C=O) groups is 2. The minimum atomic E-state index is -4.59. The predicted molar refractivity (Wildman–Crippen MR) is 109 cm³/mol. The van der Waals surface area contributed by atoms with Crippen LogP contribution in [0.25, 0.3) is 10.9 Å². The van der Waals surface area contributed by atoms with Gasteiger partial charge in [-0.3, -0.25) is 14.3 Å². The summed E-state index contributed by atoms with van der Waals surface area (Å²) in [5.74, 6) is -2.27. The first-order valence-corrected chi connectivity index (χ1v) is 10.0. The molecule has 2 amide bonds. The van der Waals surface area contributed by atoms with Gasteiger partial charge in [0.05, 0.1) is 11.6 Å². The van der Waals surface area contributed by atoms with Crippen molar-refractivity contribution in [3.63, 3.8) is 0 Å². The minimum absolute atomic E-state index is 0.0712. The second-order valence-corrected chi connectivity index (χ2v) is 8.45. The first-order chi connectivity index (χ1) is 14.8. The number of rotatable bonds is 8. The zero-order chi connectivity index (χ0) is 24.1. The van der Waals surface area contributed by atoms with E-state index in [1.807, 2.05) is 6.07 Å². The van der Waals surface area contributed by atoms with Crippen molar-refractivity contribution in [1.82, 2.24) is 20.4 Å². The first kappa shape index (κ1) is 25.1. The Balaban J connectivity index is 2.30. The largest absolute Gasteiger partial charge is 0.405 e. The van der Waals surface area contributed by atoms with Crippen LogP contribution < -0.4 is 10.6 Å². The normalized spacial score (nSPS) is 12.9. The summed E-state index contributed by atoms with van der Waals surface area (Å²) >= 11 is 0. The van der Waals surface area contributed by atoms with Gasteiger partial charge in [-0.1, -0.05) is 20.8 Å². The lowest BCUT2D eigenvalue weighted by Crippen LogP contribution is -2.54. The maximum absolute atomic E-state index is 13.8. The van der Waals surface area contributed by atoms with Gasteiger partial charge in [0.25, 0.3) is 5.91 Å². The van der Waals surface area contributed by atoms with Crippen molar-refractivity contribution in [1.29, 1.82) is 5.26 Å². The number of nitrogens with one attached hydrogen (secondary N) is 2. The summed E-state index contributed by atoms with van der Waals surface area (Å²) in [5, 5.41) is 17.5. The van der Waals surface area contributed by atoms with E-state index in [9.17, 15) is 27.2 Å². The van der Waals surface area contributed by atoms with Gasteiger partial charge >= 0.3 is 6.18 Å². The molecule has 1 unspecified atom stereocenters. The number of nitriles is 1. The van der Waals surface area contributed by atoms with Crippen LogP contribution in [0, 0.1) is 22.6 Å². The van der Waals surface area contributed by atoms with E-state index < -0.39 is 41.8 Å². The van der Waals surface area contributed by atoms with Crippen molar-refractivity contribution in [2.24, 2.45) is 5.41 Å². The van der Waals surface area contributed by atoms with E-state index in [1.165, 1.54) is 16.8 Å². The van der Waals surface area contributed by atoms with Crippen LogP contribution in [0.2, 0.25) is 0 Å². The third-order valence-electron chi connectivity index (χ3n) is 4.70. The van der Waals surface area contributed by atoms with Gasteiger partial charge in [0.15, 0.2) is 5.69 Å². The SMILES string of the molecule is CC(C)(C)C(NC(=O)c1nn(CCCCC#N)c2cc(F)ccc12)C(=O)NCC(F)(F)F. The van der Waals surface area contributed by atoms with Crippen LogP contribution in [0.3, 0.4) is 0 Å². The maximum atomic E-state index is 13.8. The summed E-state index contributed by atoms with van der Waals surface area (Å²) in [6.45, 7) is 3.63. The summed E-state index contributed by atoms with van der Waals surface area (Å²) in [6, 6.07) is 4.53. The molecule has 1 aromatic heterocycles. The Morgan fingerprint density at radius 1 is 1.22 bits per heavy atom. The van der Waals surface area contributed by atoms with Crippen LogP contribution in [0.5, 0.6) is 0 Å². The highest BCUT2D eigenvalue weighted by atomic mass is 19.4. The van der Waals surface area contributed by atoms with Crippen molar-refractivity contribution in [3.8, 4) is 6.07 Å². The van der Waals surface area contributed by atoms with Crippen LogP contribution in [-0.2, 0) is 11.3 Å². The number of fused-ring (bicyclic) bond motifs is 1. The second kappa shape index (κ2) is 9.97. The molecule has 7 nitrogen and oxygen atoms in total. The summed E-state index contributed by atoms with van der Waals surface area (Å²) in [6.07, 6.45) is -3.07. The van der Waals surface area contributed by atoms with Crippen LogP contribution in [0.15, 0.2) is 18.2 Å². The predicted octanol–water partition coefficient (Wildman–Crippen LogP) is 3.69. The number of amides is 2. The molecule has 0 aliphatic rings. The lowest BCUT2D eigenvalue weighted by Gasteiger charge is -2.30. The highest BCUT2D eigenvalue weighted by Gasteiger charge is 2.36. The molecule has 0 spiro atoms. The minimum Gasteiger partial charge on any atom is -0.345 e. The van der Waals surface area contributed by atoms with Gasteiger partial charge in [-0.2, -0.15) is 23.5 Å². The maximum Gasteiger partial charge on any atom is 0.405 e. The molecule has 0 saturated heterocycles. The van der Waals surface area contributed by atoms with E-state index in [4.69, 9.17) is 5.26 Å². The fourth-order valence-corrected chi connectivity index (χ4v) is 3.12. The summed E-state index contributed by atoms with van der Waals surface area (Å²) in [4.78, 5) is 25.4. The molecule has 0 saturated carbocycles. The number of halogens is 4. The Morgan fingerprint density at radius 2 is 1.91 bits per heavy atom. The zero-order valence-corrected chi connectivity index (χ0v) is 18.0. The van der Waals surface area contributed by atoms with E-state index in [2.05, 4.69) is 10.4 Å². The number of nitrogens with zero attached hydrogens (tertiary/aromatic N) is 3. The smallest absolute Gasteiger partial charge is 0.345 e. The monoisotopic (exact) mass is 455 g/mol. The van der Waals surface area contributed by atoms with Crippen molar-refractivity contribution in [2.75, 3.05) is 6.54 Å². The van der Waals surface area contributed by atoms with Crippen LogP contribution in [0.4, 0.5) is 17.6 Å². The van der Waals surface area contributed by atoms with Crippen molar-refractivity contribution >= 4 is 22.7 Å². The van der Waals surface area contributed by atoms with Crippen molar-refractivity contribution < 1.29 is 27.2 Å². The summed E-state index contributed by atoms with van der Waals surface area (Å²) in [7, 11) is 0. The highest BCUT2D eigenvalue weighted by molar-refractivity contribution is 6.06. The number of benzene rings is 1. The molecule has 0 aliphatic heterocycles. The van der Waals surface area contributed by atoms with E-state index in [0.29, 0.717) is 36.7 Å². The topological polar surface area (TPSA) is 99.8 Å². The molecule has 1 atom stereocenters. The molecule has 32 heavy (non-hydrogen) atoms. The number of carbonyl (C=O) groups excluding carboxylic acids is 2. The number of hydrogen-bond donors (Lipinski definition) is 2. The number of aromatic nitrogens is 2. The summed E-state index contributed by atoms with van der Waals surface area (Å²) in [5.41, 5.74) is -0.605. The Bertz CT molecular complexity index is 1020. The average molecular weight is 455 g/mol. The molecule has 2 aromatic rings. The number of unbranched alkanes of at least 4 members (excludes halogenated alkanes) is 2. The van der Waals surface area contributed by atoms with Gasteiger partial charge in [0.2, 0.25) is 5.91 Å². The molecule has 1 heterocycles. The molecule has 174 valence electrons. The van der Waals surface area contributed by atoms with Crippen molar-refractivity contribution in [2.45, 2.75) is 58.8 Å².